The van der Waals surface area contributed by atoms with Gasteiger partial charge in [0.15, 0.2) is 0 Å². The van der Waals surface area contributed by atoms with E-state index in [1.54, 1.807) is 13.8 Å². The Hall–Kier alpha value is -2.24. The third kappa shape index (κ3) is 7.33. The molecule has 3 amide bonds. The number of aliphatic carboxylic acids is 1. The number of amides is 3. The Labute approximate surface area is 151 Å². The molecule has 0 radical (unpaired) electrons. The van der Waals surface area contributed by atoms with Crippen LogP contribution >= 0.6 is 0 Å². The standard InChI is InChI=1S/C15H28N4O7/c1-6(2)10(13(23)17-9(5-20)15(25)26)18-14(24)11(8(4)21)19-12(22)7(3)16/h6-11,20-21H,5,16H2,1-4H3,(H,17,23)(H,18,24)(H,19,22)(H,25,26). The van der Waals surface area contributed by atoms with E-state index in [0.29, 0.717) is 0 Å². The molecular weight excluding hydrogens is 348 g/mol. The summed E-state index contributed by atoms with van der Waals surface area (Å²) in [4.78, 5) is 47.2. The molecule has 5 unspecified atom stereocenters. The molecule has 150 valence electrons. The first-order valence-corrected chi connectivity index (χ1v) is 8.10. The average Bonchev–Trinajstić information content (AvgIpc) is 2.53. The Morgan fingerprint density at radius 3 is 1.69 bits per heavy atom. The molecule has 0 aliphatic rings. The lowest BCUT2D eigenvalue weighted by atomic mass is 10.0. The first-order valence-electron chi connectivity index (χ1n) is 8.10. The van der Waals surface area contributed by atoms with Crippen molar-refractivity contribution in [3.8, 4) is 0 Å². The Morgan fingerprint density at radius 2 is 1.35 bits per heavy atom. The Balaban J connectivity index is 5.21. The molecule has 0 heterocycles. The molecule has 0 aromatic rings. The summed E-state index contributed by atoms with van der Waals surface area (Å²) in [5.74, 6) is -4.19. The summed E-state index contributed by atoms with van der Waals surface area (Å²) in [5, 5.41) is 34.4. The first kappa shape index (κ1) is 23.8. The van der Waals surface area contributed by atoms with E-state index in [1.165, 1.54) is 13.8 Å². The van der Waals surface area contributed by atoms with E-state index in [-0.39, 0.29) is 0 Å². The summed E-state index contributed by atoms with van der Waals surface area (Å²) in [5.41, 5.74) is 5.41. The fourth-order valence-electron chi connectivity index (χ4n) is 1.91. The normalized spacial score (nSPS) is 16.8. The number of aliphatic hydroxyl groups excluding tert-OH is 2. The number of carbonyl (C=O) groups is 4. The van der Waals surface area contributed by atoms with E-state index in [9.17, 15) is 24.3 Å². The Bertz CT molecular complexity index is 522. The molecule has 0 spiro atoms. The SMILES string of the molecule is CC(N)C(=O)NC(C(=O)NC(C(=O)NC(CO)C(=O)O)C(C)C)C(C)O. The zero-order valence-electron chi connectivity index (χ0n) is 15.2. The van der Waals surface area contributed by atoms with Crippen LogP contribution in [0.5, 0.6) is 0 Å². The van der Waals surface area contributed by atoms with Gasteiger partial charge in [-0.3, -0.25) is 14.4 Å². The summed E-state index contributed by atoms with van der Waals surface area (Å²) >= 11 is 0. The van der Waals surface area contributed by atoms with Gasteiger partial charge in [0.2, 0.25) is 17.7 Å². The monoisotopic (exact) mass is 376 g/mol. The van der Waals surface area contributed by atoms with Gasteiger partial charge in [0.1, 0.15) is 18.1 Å². The highest BCUT2D eigenvalue weighted by atomic mass is 16.4. The molecule has 26 heavy (non-hydrogen) atoms. The molecule has 0 rings (SSSR count). The predicted octanol–water partition coefficient (Wildman–Crippen LogP) is -3.10. The number of aliphatic hydroxyl groups is 2. The van der Waals surface area contributed by atoms with Crippen LogP contribution in [0.1, 0.15) is 27.7 Å². The van der Waals surface area contributed by atoms with Gasteiger partial charge >= 0.3 is 5.97 Å². The van der Waals surface area contributed by atoms with E-state index < -0.39 is 66.5 Å². The molecule has 11 heteroatoms. The van der Waals surface area contributed by atoms with Crippen molar-refractivity contribution in [2.24, 2.45) is 11.7 Å². The maximum atomic E-state index is 12.4. The highest BCUT2D eigenvalue weighted by Gasteiger charge is 2.33. The second-order valence-electron chi connectivity index (χ2n) is 6.33. The summed E-state index contributed by atoms with van der Waals surface area (Å²) in [7, 11) is 0. The van der Waals surface area contributed by atoms with Gasteiger partial charge in [-0.1, -0.05) is 13.8 Å². The van der Waals surface area contributed by atoms with E-state index in [2.05, 4.69) is 16.0 Å². The third-order valence-corrected chi connectivity index (χ3v) is 3.52. The molecule has 8 N–H and O–H groups in total. The van der Waals surface area contributed by atoms with Crippen molar-refractivity contribution in [3.05, 3.63) is 0 Å². The summed E-state index contributed by atoms with van der Waals surface area (Å²) in [6.07, 6.45) is -1.27. The van der Waals surface area contributed by atoms with Gasteiger partial charge in [-0.05, 0) is 19.8 Å². The highest BCUT2D eigenvalue weighted by molar-refractivity contribution is 5.94. The molecule has 0 saturated carbocycles. The number of hydrogen-bond donors (Lipinski definition) is 7. The van der Waals surface area contributed by atoms with Crippen LogP contribution in [0.2, 0.25) is 0 Å². The number of nitrogens with one attached hydrogen (secondary N) is 3. The Morgan fingerprint density at radius 1 is 0.885 bits per heavy atom. The van der Waals surface area contributed by atoms with Gasteiger partial charge in [0.25, 0.3) is 0 Å². The lowest BCUT2D eigenvalue weighted by Gasteiger charge is -2.27. The molecule has 0 bridgehead atoms. The molecular formula is C15H28N4O7. The zero-order chi connectivity index (χ0) is 20.6. The number of carbonyl (C=O) groups excluding carboxylic acids is 3. The van der Waals surface area contributed by atoms with Crippen LogP contribution in [0.15, 0.2) is 0 Å². The second-order valence-corrected chi connectivity index (χ2v) is 6.33. The fourth-order valence-corrected chi connectivity index (χ4v) is 1.91. The van der Waals surface area contributed by atoms with E-state index >= 15 is 0 Å². The van der Waals surface area contributed by atoms with Gasteiger partial charge in [0, 0.05) is 0 Å². The fraction of sp³-hybridized carbons (Fsp3) is 0.733. The Kier molecular flexibility index (Phi) is 9.76. The number of carboxylic acids is 1. The number of nitrogens with two attached hydrogens (primary N) is 1. The number of rotatable bonds is 10. The maximum absolute atomic E-state index is 12.4. The summed E-state index contributed by atoms with van der Waals surface area (Å²) in [6, 6.07) is -4.93. The molecule has 0 fully saturated rings. The lowest BCUT2D eigenvalue weighted by molar-refractivity contribution is -0.143. The highest BCUT2D eigenvalue weighted by Crippen LogP contribution is 2.05. The molecule has 0 aromatic carbocycles. The van der Waals surface area contributed by atoms with Crippen LogP contribution in [-0.2, 0) is 19.2 Å². The predicted molar refractivity (Wildman–Crippen MR) is 90.7 cm³/mol. The van der Waals surface area contributed by atoms with Crippen molar-refractivity contribution < 1.29 is 34.5 Å². The van der Waals surface area contributed by atoms with Crippen molar-refractivity contribution in [2.75, 3.05) is 6.61 Å². The smallest absolute Gasteiger partial charge is 0.328 e. The van der Waals surface area contributed by atoms with Gasteiger partial charge in [-0.15, -0.1) is 0 Å². The van der Waals surface area contributed by atoms with Crippen LogP contribution in [0.25, 0.3) is 0 Å². The largest absolute Gasteiger partial charge is 0.480 e. The first-order chi connectivity index (χ1) is 11.9. The van der Waals surface area contributed by atoms with Gasteiger partial charge in [0.05, 0.1) is 18.8 Å². The summed E-state index contributed by atoms with van der Waals surface area (Å²) < 4.78 is 0. The van der Waals surface area contributed by atoms with Crippen LogP contribution in [-0.4, -0.2) is 75.9 Å². The van der Waals surface area contributed by atoms with Crippen LogP contribution in [0.4, 0.5) is 0 Å². The molecule has 0 aliphatic carbocycles. The molecule has 0 aliphatic heterocycles. The van der Waals surface area contributed by atoms with Crippen molar-refractivity contribution >= 4 is 23.7 Å². The van der Waals surface area contributed by atoms with Gasteiger partial charge in [-0.2, -0.15) is 0 Å². The van der Waals surface area contributed by atoms with E-state index in [1.807, 2.05) is 0 Å². The quantitative estimate of drug-likeness (QED) is 0.208. The molecule has 11 nitrogen and oxygen atoms in total. The van der Waals surface area contributed by atoms with Crippen molar-refractivity contribution in [1.82, 2.24) is 16.0 Å². The van der Waals surface area contributed by atoms with Gasteiger partial charge < -0.3 is 37.0 Å². The molecule has 0 saturated heterocycles. The minimum absolute atomic E-state index is 0.439. The van der Waals surface area contributed by atoms with Gasteiger partial charge in [-0.25, -0.2) is 4.79 Å². The lowest BCUT2D eigenvalue weighted by Crippen LogP contribution is -2.60. The third-order valence-electron chi connectivity index (χ3n) is 3.52. The van der Waals surface area contributed by atoms with Crippen molar-refractivity contribution in [3.63, 3.8) is 0 Å². The minimum Gasteiger partial charge on any atom is -0.480 e. The van der Waals surface area contributed by atoms with Crippen LogP contribution < -0.4 is 21.7 Å². The second kappa shape index (κ2) is 10.7. The molecule has 0 aromatic heterocycles. The average molecular weight is 376 g/mol. The van der Waals surface area contributed by atoms with E-state index in [4.69, 9.17) is 15.9 Å². The zero-order valence-corrected chi connectivity index (χ0v) is 15.2. The van der Waals surface area contributed by atoms with Crippen LogP contribution in [0.3, 0.4) is 0 Å². The minimum atomic E-state index is -1.52. The van der Waals surface area contributed by atoms with Crippen molar-refractivity contribution in [1.29, 1.82) is 0 Å². The van der Waals surface area contributed by atoms with Crippen molar-refractivity contribution in [2.45, 2.75) is 58.0 Å². The number of carboxylic acid groups (broad SMARTS) is 1. The molecule has 5 atom stereocenters. The maximum Gasteiger partial charge on any atom is 0.328 e. The topological polar surface area (TPSA) is 191 Å². The van der Waals surface area contributed by atoms with Crippen LogP contribution in [0, 0.1) is 5.92 Å². The van der Waals surface area contributed by atoms with E-state index in [0.717, 1.165) is 0 Å². The number of hydrogen-bond acceptors (Lipinski definition) is 7. The summed E-state index contributed by atoms with van der Waals surface area (Å²) in [6.45, 7) is 5.08.